The summed E-state index contributed by atoms with van der Waals surface area (Å²) < 4.78 is 0. The number of nitrogens with zero attached hydrogens (tertiary/aromatic N) is 2. The van der Waals surface area contributed by atoms with E-state index in [0.717, 1.165) is 0 Å². The van der Waals surface area contributed by atoms with Crippen molar-refractivity contribution < 1.29 is 9.86 Å². The van der Waals surface area contributed by atoms with Gasteiger partial charge < -0.3 is 5.21 Å². The molecule has 0 aromatic heterocycles. The summed E-state index contributed by atoms with van der Waals surface area (Å²) in [5.74, 6) is 0. The fourth-order valence-corrected chi connectivity index (χ4v) is 0.650. The average Bonchev–Trinajstić information content (AvgIpc) is 2.28. The van der Waals surface area contributed by atoms with Gasteiger partial charge in [-0.15, -0.1) is 0 Å². The number of amides is 2. The van der Waals surface area contributed by atoms with Crippen LogP contribution in [0.25, 0.3) is 0 Å². The van der Waals surface area contributed by atoms with Gasteiger partial charge in [0.25, 0.3) is 5.70 Å². The van der Waals surface area contributed by atoms with Crippen LogP contribution in [0, 0.1) is 27.9 Å². The van der Waals surface area contributed by atoms with Crippen LogP contribution in [0.1, 0.15) is 0 Å². The normalized spacial score (nSPS) is 22.5. The third kappa shape index (κ3) is 0.923. The van der Waals surface area contributed by atoms with E-state index in [-0.39, 0.29) is 5.70 Å². The van der Waals surface area contributed by atoms with Crippen molar-refractivity contribution in [1.29, 1.82) is 10.5 Å². The second kappa shape index (κ2) is 2.39. The Kier molecular flexibility index (Phi) is 1.57. The van der Waals surface area contributed by atoms with Crippen LogP contribution in [0.3, 0.4) is 0 Å². The predicted octanol–water partition coefficient (Wildman–Crippen LogP) is -1.65. The Bertz CT molecular complexity index is 318. The van der Waals surface area contributed by atoms with Crippen LogP contribution < -0.4 is 10.4 Å². The number of carbonyl (C=O) groups excluding carboxylic acids is 1. The van der Waals surface area contributed by atoms with Crippen LogP contribution in [-0.4, -0.2) is 6.03 Å². The van der Waals surface area contributed by atoms with E-state index in [2.05, 4.69) is 0 Å². The molecule has 1 aliphatic heterocycles. The zero-order chi connectivity index (χ0) is 8.43. The maximum absolute atomic E-state index is 10.7. The summed E-state index contributed by atoms with van der Waals surface area (Å²) in [7, 11) is 0. The number of nitriles is 2. The van der Waals surface area contributed by atoms with Crippen LogP contribution in [0.4, 0.5) is 4.79 Å². The van der Waals surface area contributed by atoms with Crippen LogP contribution in [-0.2, 0) is 0 Å². The fourth-order valence-electron chi connectivity index (χ4n) is 0.650. The van der Waals surface area contributed by atoms with Crippen molar-refractivity contribution in [2.75, 3.05) is 0 Å². The minimum atomic E-state index is -0.941. The van der Waals surface area contributed by atoms with Gasteiger partial charge in [-0.05, 0) is 0 Å². The van der Waals surface area contributed by atoms with Crippen LogP contribution in [0.5, 0.6) is 0 Å². The second-order valence-electron chi connectivity index (χ2n) is 1.76. The number of quaternary nitrogens is 1. The third-order valence-corrected chi connectivity index (χ3v) is 1.15. The highest BCUT2D eigenvalue weighted by molar-refractivity contribution is 5.73. The zero-order valence-electron chi connectivity index (χ0n) is 5.21. The maximum atomic E-state index is 10.7. The second-order valence-corrected chi connectivity index (χ2v) is 1.76. The number of hydrogen-bond donors (Lipinski definition) is 2. The van der Waals surface area contributed by atoms with Crippen molar-refractivity contribution in [2.45, 2.75) is 0 Å². The van der Waals surface area contributed by atoms with Crippen molar-refractivity contribution in [1.82, 2.24) is 5.32 Å². The number of carbonyl (C=O) groups is 1. The van der Waals surface area contributed by atoms with Gasteiger partial charge in [0.2, 0.25) is 0 Å². The number of nitrogens with one attached hydrogen (secondary N) is 2. The Morgan fingerprint density at radius 3 is 2.45 bits per heavy atom. The first-order chi connectivity index (χ1) is 5.20. The number of urea groups is 1. The minimum absolute atomic E-state index is 0.262. The largest absolute Gasteiger partial charge is 0.619 e. The lowest BCUT2D eigenvalue weighted by molar-refractivity contribution is -0.703. The van der Waals surface area contributed by atoms with E-state index < -0.39 is 16.8 Å². The van der Waals surface area contributed by atoms with E-state index in [0.29, 0.717) is 0 Å². The first-order valence-corrected chi connectivity index (χ1v) is 2.61. The molecular formula is C5H2N4O2. The summed E-state index contributed by atoms with van der Waals surface area (Å²) in [5.41, 5.74) is -0.667. The third-order valence-electron chi connectivity index (χ3n) is 1.15. The molecule has 6 nitrogen and oxygen atoms in total. The Balaban J connectivity index is 3.10. The highest BCUT2D eigenvalue weighted by atomic mass is 16.5. The molecule has 2 amide bonds. The molecule has 1 aliphatic rings. The Labute approximate surface area is 61.5 Å². The lowest BCUT2D eigenvalue weighted by Crippen LogP contribution is -3.07. The Hall–Kier alpha value is -1.89. The summed E-state index contributed by atoms with van der Waals surface area (Å²) in [6, 6.07) is 2.08. The molecule has 2 N–H and O–H groups in total. The molecule has 54 valence electrons. The van der Waals surface area contributed by atoms with Gasteiger partial charge in [-0.2, -0.15) is 10.5 Å². The number of allylic oxidation sites excluding steroid dienone is 2. The predicted molar refractivity (Wildman–Crippen MR) is 31.1 cm³/mol. The number of hydrogen-bond acceptors (Lipinski definition) is 4. The summed E-state index contributed by atoms with van der Waals surface area (Å²) in [6.07, 6.45) is 0. The highest BCUT2D eigenvalue weighted by Gasteiger charge is 2.30. The molecule has 0 aromatic rings. The lowest BCUT2D eigenvalue weighted by Gasteiger charge is -2.07. The number of rotatable bonds is 0. The van der Waals surface area contributed by atoms with Crippen molar-refractivity contribution in [3.63, 3.8) is 0 Å². The zero-order valence-corrected chi connectivity index (χ0v) is 5.21. The van der Waals surface area contributed by atoms with Crippen molar-refractivity contribution in [3.8, 4) is 12.1 Å². The van der Waals surface area contributed by atoms with Gasteiger partial charge >= 0.3 is 6.03 Å². The SMILES string of the molecule is N#CC1=C(C#N)[NH+]([O-])C(=O)N1. The van der Waals surface area contributed by atoms with Gasteiger partial charge in [0.05, 0.1) is 0 Å². The van der Waals surface area contributed by atoms with Crippen molar-refractivity contribution >= 4 is 6.03 Å². The number of hydroxylamine groups is 2. The highest BCUT2D eigenvalue weighted by Crippen LogP contribution is 1.95. The Morgan fingerprint density at radius 2 is 2.09 bits per heavy atom. The maximum Gasteiger partial charge on any atom is 0.425 e. The smallest absolute Gasteiger partial charge is 0.425 e. The van der Waals surface area contributed by atoms with Gasteiger partial charge in [0.15, 0.2) is 11.8 Å². The molecule has 1 heterocycles. The van der Waals surface area contributed by atoms with Crippen LogP contribution >= 0.6 is 0 Å². The molecule has 1 atom stereocenters. The molecule has 0 aromatic carbocycles. The van der Waals surface area contributed by atoms with E-state index in [9.17, 15) is 10.0 Å². The minimum Gasteiger partial charge on any atom is -0.619 e. The molecule has 1 rings (SSSR count). The quantitative estimate of drug-likeness (QED) is 0.403. The van der Waals surface area contributed by atoms with Crippen molar-refractivity contribution in [3.05, 3.63) is 16.6 Å². The molecule has 0 radical (unpaired) electrons. The van der Waals surface area contributed by atoms with Crippen molar-refractivity contribution in [2.24, 2.45) is 0 Å². The molecule has 0 saturated heterocycles. The van der Waals surface area contributed by atoms with E-state index in [4.69, 9.17) is 10.5 Å². The lowest BCUT2D eigenvalue weighted by atomic mass is 10.4. The van der Waals surface area contributed by atoms with Gasteiger partial charge in [0, 0.05) is 0 Å². The molecule has 0 spiro atoms. The first-order valence-electron chi connectivity index (χ1n) is 2.61. The van der Waals surface area contributed by atoms with E-state index in [1.54, 1.807) is 0 Å². The average molecular weight is 150 g/mol. The van der Waals surface area contributed by atoms with Gasteiger partial charge in [-0.1, -0.05) is 0 Å². The first kappa shape index (κ1) is 7.22. The standard InChI is InChI=1S/C5H2N4O2/c6-1-3-4(2-7)9(11)5(10)8-3/h9H,(H,8,10). The topological polar surface area (TPSA) is 104 Å². The fraction of sp³-hybridized carbons (Fsp3) is 0. The molecule has 11 heavy (non-hydrogen) atoms. The van der Waals surface area contributed by atoms with E-state index >= 15 is 0 Å². The van der Waals surface area contributed by atoms with E-state index in [1.165, 1.54) is 12.1 Å². The molecule has 0 bridgehead atoms. The van der Waals surface area contributed by atoms with Gasteiger partial charge in [-0.25, -0.2) is 9.86 Å². The summed E-state index contributed by atoms with van der Waals surface area (Å²) in [6.45, 7) is 0. The summed E-state index contributed by atoms with van der Waals surface area (Å²) >= 11 is 0. The van der Waals surface area contributed by atoms with Crippen LogP contribution in [0.15, 0.2) is 11.4 Å². The molecule has 6 heteroatoms. The van der Waals surface area contributed by atoms with Crippen LogP contribution in [0.2, 0.25) is 0 Å². The van der Waals surface area contributed by atoms with E-state index in [1.807, 2.05) is 5.32 Å². The molecular weight excluding hydrogens is 148 g/mol. The summed E-state index contributed by atoms with van der Waals surface area (Å²) in [4.78, 5) is 10.5. The molecule has 1 unspecified atom stereocenters. The molecule has 0 fully saturated rings. The summed E-state index contributed by atoms with van der Waals surface area (Å²) in [5, 5.41) is 28.2. The molecule has 0 saturated carbocycles. The van der Waals surface area contributed by atoms with Gasteiger partial charge in [-0.3, -0.25) is 5.32 Å². The molecule has 0 aliphatic carbocycles. The Morgan fingerprint density at radius 1 is 1.45 bits per heavy atom. The monoisotopic (exact) mass is 150 g/mol. The van der Waals surface area contributed by atoms with Gasteiger partial charge in [0.1, 0.15) is 6.07 Å².